The fourth-order valence-electron chi connectivity index (χ4n) is 2.40. The van der Waals surface area contributed by atoms with E-state index in [-0.39, 0.29) is 5.39 Å². The Bertz CT molecular complexity index is 793. The number of rotatable bonds is 5. The van der Waals surface area contributed by atoms with Crippen molar-refractivity contribution in [3.05, 3.63) is 28.0 Å². The van der Waals surface area contributed by atoms with Crippen molar-refractivity contribution in [3.63, 3.8) is 0 Å². The number of benzene rings is 1. The maximum absolute atomic E-state index is 12.3. The minimum atomic E-state index is -1.47. The monoisotopic (exact) mass is 307 g/mol. The van der Waals surface area contributed by atoms with Crippen molar-refractivity contribution in [2.75, 3.05) is 14.2 Å². The third kappa shape index (κ3) is 2.34. The van der Waals surface area contributed by atoms with Crippen LogP contribution in [0.2, 0.25) is 0 Å². The lowest BCUT2D eigenvalue weighted by Gasteiger charge is -2.15. The molecule has 0 amide bonds. The second kappa shape index (κ2) is 5.97. The van der Waals surface area contributed by atoms with Crippen molar-refractivity contribution in [2.24, 2.45) is 0 Å². The molecular weight excluding hydrogens is 290 g/mol. The molecule has 0 spiro atoms. The number of fused-ring (bicyclic) bond motifs is 1. The zero-order valence-electron chi connectivity index (χ0n) is 12.5. The first kappa shape index (κ1) is 15.7. The molecule has 1 aromatic carbocycles. The average molecular weight is 307 g/mol. The van der Waals surface area contributed by atoms with Gasteiger partial charge in [0.2, 0.25) is 0 Å². The molecule has 0 unspecified atom stereocenters. The van der Waals surface area contributed by atoms with Crippen LogP contribution in [0.25, 0.3) is 10.9 Å². The Morgan fingerprint density at radius 2 is 1.82 bits per heavy atom. The summed E-state index contributed by atoms with van der Waals surface area (Å²) >= 11 is 0. The van der Waals surface area contributed by atoms with Gasteiger partial charge in [-0.05, 0) is 12.5 Å². The Balaban J connectivity index is 3.00. The molecule has 1 heterocycles. The van der Waals surface area contributed by atoms with Crippen molar-refractivity contribution in [1.29, 1.82) is 0 Å². The molecule has 0 aliphatic heterocycles. The van der Waals surface area contributed by atoms with Crippen molar-refractivity contribution in [2.45, 2.75) is 19.9 Å². The van der Waals surface area contributed by atoms with Gasteiger partial charge in [-0.2, -0.15) is 0 Å². The number of aromatic carboxylic acids is 1. The lowest BCUT2D eigenvalue weighted by atomic mass is 10.1. The average Bonchev–Trinajstić information content (AvgIpc) is 2.49. The molecular formula is C15H17NO6. The van der Waals surface area contributed by atoms with E-state index in [0.29, 0.717) is 30.0 Å². The van der Waals surface area contributed by atoms with E-state index >= 15 is 0 Å². The second-order valence-electron chi connectivity index (χ2n) is 4.71. The summed E-state index contributed by atoms with van der Waals surface area (Å²) in [4.78, 5) is 23.6. The van der Waals surface area contributed by atoms with E-state index < -0.39 is 22.8 Å². The highest BCUT2D eigenvalue weighted by atomic mass is 16.5. The van der Waals surface area contributed by atoms with Gasteiger partial charge in [0.15, 0.2) is 17.1 Å². The Kier molecular flexibility index (Phi) is 4.25. The van der Waals surface area contributed by atoms with Gasteiger partial charge in [-0.15, -0.1) is 0 Å². The Hall–Kier alpha value is -2.70. The molecule has 0 saturated carbocycles. The van der Waals surface area contributed by atoms with E-state index in [4.69, 9.17) is 9.47 Å². The summed E-state index contributed by atoms with van der Waals surface area (Å²) in [5.41, 5.74) is -0.994. The smallest absolute Gasteiger partial charge is 0.345 e. The van der Waals surface area contributed by atoms with Crippen LogP contribution >= 0.6 is 0 Å². The van der Waals surface area contributed by atoms with Crippen molar-refractivity contribution >= 4 is 16.9 Å². The predicted molar refractivity (Wildman–Crippen MR) is 80.2 cm³/mol. The minimum absolute atomic E-state index is 0.225. The summed E-state index contributed by atoms with van der Waals surface area (Å²) < 4.78 is 11.7. The molecule has 2 N–H and O–H groups in total. The van der Waals surface area contributed by atoms with E-state index in [0.717, 1.165) is 0 Å². The molecule has 7 nitrogen and oxygen atoms in total. The van der Waals surface area contributed by atoms with Gasteiger partial charge < -0.3 is 24.3 Å². The maximum Gasteiger partial charge on any atom is 0.345 e. The molecule has 2 rings (SSSR count). The molecule has 1 aromatic heterocycles. The first-order valence-corrected chi connectivity index (χ1v) is 6.71. The largest absolute Gasteiger partial charge is 0.506 e. The minimum Gasteiger partial charge on any atom is -0.506 e. The van der Waals surface area contributed by atoms with Gasteiger partial charge in [-0.25, -0.2) is 4.79 Å². The molecule has 0 fully saturated rings. The van der Waals surface area contributed by atoms with E-state index in [1.54, 1.807) is 6.07 Å². The highest BCUT2D eigenvalue weighted by molar-refractivity contribution is 5.99. The number of aryl methyl sites for hydroxylation is 1. The van der Waals surface area contributed by atoms with Crippen LogP contribution in [0.5, 0.6) is 17.2 Å². The van der Waals surface area contributed by atoms with Crippen LogP contribution < -0.4 is 15.0 Å². The molecule has 2 aromatic rings. The van der Waals surface area contributed by atoms with Crippen LogP contribution in [0, 0.1) is 0 Å². The van der Waals surface area contributed by atoms with Gasteiger partial charge >= 0.3 is 5.97 Å². The molecule has 0 bridgehead atoms. The quantitative estimate of drug-likeness (QED) is 0.874. The Morgan fingerprint density at radius 1 is 1.23 bits per heavy atom. The third-order valence-corrected chi connectivity index (χ3v) is 3.40. The SMILES string of the molecule is CCCn1c(=O)c(C(=O)O)c(O)c2cc(OC)c(OC)cc21. The molecule has 0 aliphatic carbocycles. The van der Waals surface area contributed by atoms with Gasteiger partial charge in [-0.3, -0.25) is 4.79 Å². The van der Waals surface area contributed by atoms with E-state index in [1.807, 2.05) is 6.92 Å². The van der Waals surface area contributed by atoms with E-state index in [9.17, 15) is 19.8 Å². The number of hydrogen-bond donors (Lipinski definition) is 2. The zero-order valence-corrected chi connectivity index (χ0v) is 12.5. The maximum atomic E-state index is 12.3. The molecule has 118 valence electrons. The zero-order chi connectivity index (χ0) is 16.4. The predicted octanol–water partition coefficient (Wildman–Crippen LogP) is 1.83. The van der Waals surface area contributed by atoms with Crippen LogP contribution in [0.4, 0.5) is 0 Å². The Labute approximate surface area is 126 Å². The fraction of sp³-hybridized carbons (Fsp3) is 0.333. The number of carboxylic acids is 1. The molecule has 22 heavy (non-hydrogen) atoms. The van der Waals surface area contributed by atoms with Crippen molar-refractivity contribution < 1.29 is 24.5 Å². The molecule has 0 saturated heterocycles. The number of methoxy groups -OCH3 is 2. The molecule has 7 heteroatoms. The number of nitrogens with zero attached hydrogens (tertiary/aromatic N) is 1. The number of carbonyl (C=O) groups is 1. The highest BCUT2D eigenvalue weighted by Crippen LogP contribution is 2.36. The molecule has 0 radical (unpaired) electrons. The number of aromatic nitrogens is 1. The molecule has 0 aliphatic rings. The van der Waals surface area contributed by atoms with Crippen LogP contribution in [-0.2, 0) is 6.54 Å². The number of pyridine rings is 1. The van der Waals surface area contributed by atoms with Crippen molar-refractivity contribution in [1.82, 2.24) is 4.57 Å². The summed E-state index contributed by atoms with van der Waals surface area (Å²) in [6, 6.07) is 3.01. The van der Waals surface area contributed by atoms with Crippen molar-refractivity contribution in [3.8, 4) is 17.2 Å². The van der Waals surface area contributed by atoms with Gasteiger partial charge in [-0.1, -0.05) is 6.92 Å². The summed E-state index contributed by atoms with van der Waals surface area (Å²) in [5, 5.41) is 19.6. The van der Waals surface area contributed by atoms with Gasteiger partial charge in [0, 0.05) is 18.0 Å². The molecule has 0 atom stereocenters. The lowest BCUT2D eigenvalue weighted by Crippen LogP contribution is -2.27. The van der Waals surface area contributed by atoms with Gasteiger partial charge in [0.05, 0.1) is 19.7 Å². The number of carboxylic acid groups (broad SMARTS) is 1. The van der Waals surface area contributed by atoms with Gasteiger partial charge in [0.1, 0.15) is 5.75 Å². The lowest BCUT2D eigenvalue weighted by molar-refractivity contribution is 0.0691. The summed E-state index contributed by atoms with van der Waals surface area (Å²) in [6.07, 6.45) is 0.632. The topological polar surface area (TPSA) is 98.0 Å². The second-order valence-corrected chi connectivity index (χ2v) is 4.71. The fourth-order valence-corrected chi connectivity index (χ4v) is 2.40. The highest BCUT2D eigenvalue weighted by Gasteiger charge is 2.23. The standard InChI is InChI=1S/C15H17NO6/c1-4-5-16-9-7-11(22-3)10(21-2)6-8(9)13(17)12(14(16)18)15(19)20/h6-7,17H,4-5H2,1-3H3,(H,19,20). The number of hydrogen-bond acceptors (Lipinski definition) is 5. The normalized spacial score (nSPS) is 10.7. The summed E-state index contributed by atoms with van der Waals surface area (Å²) in [5.74, 6) is -1.31. The number of aromatic hydroxyl groups is 1. The van der Waals surface area contributed by atoms with E-state index in [1.165, 1.54) is 24.9 Å². The first-order valence-electron chi connectivity index (χ1n) is 6.71. The summed E-state index contributed by atoms with van der Waals surface area (Å²) in [6.45, 7) is 2.19. The van der Waals surface area contributed by atoms with Crippen LogP contribution in [0.1, 0.15) is 23.7 Å². The van der Waals surface area contributed by atoms with Crippen LogP contribution in [-0.4, -0.2) is 35.0 Å². The van der Waals surface area contributed by atoms with Crippen LogP contribution in [0.3, 0.4) is 0 Å². The van der Waals surface area contributed by atoms with E-state index in [2.05, 4.69) is 0 Å². The summed E-state index contributed by atoms with van der Waals surface area (Å²) in [7, 11) is 2.89. The first-order chi connectivity index (χ1) is 10.5. The Morgan fingerprint density at radius 3 is 2.32 bits per heavy atom. The van der Waals surface area contributed by atoms with Crippen LogP contribution in [0.15, 0.2) is 16.9 Å². The van der Waals surface area contributed by atoms with Gasteiger partial charge in [0.25, 0.3) is 5.56 Å². The number of ether oxygens (including phenoxy) is 2. The third-order valence-electron chi connectivity index (χ3n) is 3.40.